The van der Waals surface area contributed by atoms with Crippen molar-refractivity contribution >= 4 is 41.2 Å². The number of rotatable bonds is 9. The summed E-state index contributed by atoms with van der Waals surface area (Å²) in [6.45, 7) is 11.6. The maximum Gasteiger partial charge on any atom is 0.409 e. The predicted octanol–water partition coefficient (Wildman–Crippen LogP) is 4.24. The minimum absolute atomic E-state index is 0.0480. The number of aliphatic hydroxyl groups is 1. The Morgan fingerprint density at radius 2 is 1.87 bits per heavy atom. The Balaban J connectivity index is 1.72. The molecule has 3 aliphatic rings. The molecule has 0 saturated carbocycles. The number of fused-ring (bicyclic) bond motifs is 5. The summed E-state index contributed by atoms with van der Waals surface area (Å²) in [5.41, 5.74) is -0.901. The molecule has 2 N–H and O–H groups in total. The van der Waals surface area contributed by atoms with Crippen LogP contribution in [0.3, 0.4) is 0 Å². The van der Waals surface area contributed by atoms with Gasteiger partial charge in [-0.2, -0.15) is 0 Å². The Morgan fingerprint density at radius 1 is 1.19 bits per heavy atom. The van der Waals surface area contributed by atoms with Gasteiger partial charge in [-0.25, -0.2) is 9.59 Å². The zero-order valence-corrected chi connectivity index (χ0v) is 34.1. The van der Waals surface area contributed by atoms with Crippen molar-refractivity contribution in [2.45, 2.75) is 115 Å². The largest absolute Gasteiger partial charge is 0.495 e. The number of nitrogens with zero attached hydrogens (tertiary/aromatic N) is 3. The zero-order chi connectivity index (χ0) is 40.3. The molecular formula is C39H57ClN4O10. The van der Waals surface area contributed by atoms with E-state index in [9.17, 15) is 24.3 Å². The molecule has 4 bridgehead atoms. The first-order chi connectivity index (χ1) is 25.3. The van der Waals surface area contributed by atoms with Gasteiger partial charge in [0.1, 0.15) is 40.7 Å². The summed E-state index contributed by atoms with van der Waals surface area (Å²) in [4.78, 5) is 58.7. The molecule has 2 fully saturated rings. The summed E-state index contributed by atoms with van der Waals surface area (Å²) in [6, 6.07) is 2.87. The van der Waals surface area contributed by atoms with E-state index >= 15 is 0 Å². The molecule has 1 aromatic carbocycles. The van der Waals surface area contributed by atoms with E-state index in [1.54, 1.807) is 59.2 Å². The summed E-state index contributed by atoms with van der Waals surface area (Å²) in [5.74, 6) is -1.53. The van der Waals surface area contributed by atoms with Crippen molar-refractivity contribution in [3.8, 4) is 5.75 Å². The molecule has 0 aliphatic carbocycles. The zero-order valence-electron chi connectivity index (χ0n) is 33.3. The van der Waals surface area contributed by atoms with Gasteiger partial charge in [0.25, 0.3) is 0 Å². The molecule has 3 amide bonds. The molecule has 0 radical (unpaired) electrons. The van der Waals surface area contributed by atoms with E-state index in [2.05, 4.69) is 5.32 Å². The third-order valence-corrected chi connectivity index (χ3v) is 11.5. The first-order valence-electron chi connectivity index (χ1n) is 18.3. The third-order valence-electron chi connectivity index (χ3n) is 11.1. The average Bonchev–Trinajstić information content (AvgIpc) is 3.82. The number of anilines is 1. The fourth-order valence-electron chi connectivity index (χ4n) is 6.92. The van der Waals surface area contributed by atoms with E-state index in [1.807, 2.05) is 38.8 Å². The third kappa shape index (κ3) is 9.57. The minimum Gasteiger partial charge on any atom is -0.495 e. The highest BCUT2D eigenvalue weighted by molar-refractivity contribution is 6.35. The second-order valence-electron chi connectivity index (χ2n) is 15.2. The molecule has 1 aromatic rings. The highest BCUT2D eigenvalue weighted by Crippen LogP contribution is 2.49. The molecule has 2 saturated heterocycles. The number of allylic oxidation sites excluding steroid dienone is 3. The number of epoxide rings is 1. The molecule has 3 heterocycles. The van der Waals surface area contributed by atoms with Crippen LogP contribution in [0.25, 0.3) is 0 Å². The predicted molar refractivity (Wildman–Crippen MR) is 203 cm³/mol. The van der Waals surface area contributed by atoms with E-state index in [4.69, 9.17) is 35.3 Å². The molecule has 300 valence electrons. The quantitative estimate of drug-likeness (QED) is 0.273. The van der Waals surface area contributed by atoms with Crippen LogP contribution in [0.5, 0.6) is 5.75 Å². The Bertz CT molecular complexity index is 1640. The number of benzene rings is 1. The van der Waals surface area contributed by atoms with Gasteiger partial charge in [-0.3, -0.25) is 14.9 Å². The number of hydrogen-bond donors (Lipinski definition) is 2. The van der Waals surface area contributed by atoms with Crippen molar-refractivity contribution in [3.63, 3.8) is 0 Å². The lowest BCUT2D eigenvalue weighted by atomic mass is 9.83. The van der Waals surface area contributed by atoms with Crippen molar-refractivity contribution in [2.24, 2.45) is 5.92 Å². The Morgan fingerprint density at radius 3 is 2.50 bits per heavy atom. The lowest BCUT2D eigenvalue weighted by Gasteiger charge is -2.42. The van der Waals surface area contributed by atoms with Crippen molar-refractivity contribution in [1.29, 1.82) is 0 Å². The second kappa shape index (κ2) is 17.4. The fourth-order valence-corrected chi connectivity index (χ4v) is 7.24. The molecule has 0 spiro atoms. The van der Waals surface area contributed by atoms with Crippen LogP contribution in [0.15, 0.2) is 35.9 Å². The van der Waals surface area contributed by atoms with Crippen LogP contribution in [0.2, 0.25) is 5.02 Å². The van der Waals surface area contributed by atoms with E-state index in [-0.39, 0.29) is 36.2 Å². The standard InChI is InChI=1S/C39H57ClN4O10/c1-22(2)42(7)16-15-32(45)43(8)25(5)36(47)53-31-20-33(46)44(9)27-18-26(19-28(50-10)34(27)40)17-23(3)13-12-14-30(51-11)39(49)21-29(52-37(48)41-39)24(4)35-38(31,6)54-35/h12-14,18-19,22,24-25,29-31,35,49H,15-17,20-21H2,1-11H3,(H,41,48)/b14-12+,23-13+/t24-,25+,29+,30-,31-,35+,38+,39+/m1/s1. The second-order valence-corrected chi connectivity index (χ2v) is 15.6. The number of methoxy groups -OCH3 is 2. The molecule has 4 rings (SSSR count). The number of ether oxygens (including phenoxy) is 5. The maximum atomic E-state index is 14.2. The lowest BCUT2D eigenvalue weighted by molar-refractivity contribution is -0.162. The number of nitrogens with one attached hydrogen (secondary N) is 1. The summed E-state index contributed by atoms with van der Waals surface area (Å²) in [5, 5.41) is 14.5. The van der Waals surface area contributed by atoms with Gasteiger partial charge in [-0.05, 0) is 65.8 Å². The van der Waals surface area contributed by atoms with Gasteiger partial charge in [0.15, 0.2) is 5.72 Å². The minimum atomic E-state index is -1.82. The van der Waals surface area contributed by atoms with Crippen LogP contribution < -0.4 is 15.0 Å². The van der Waals surface area contributed by atoms with Crippen LogP contribution in [-0.4, -0.2) is 129 Å². The number of halogens is 1. The first-order valence-corrected chi connectivity index (χ1v) is 18.7. The van der Waals surface area contributed by atoms with Crippen LogP contribution >= 0.6 is 11.6 Å². The molecule has 14 nitrogen and oxygen atoms in total. The van der Waals surface area contributed by atoms with E-state index in [1.165, 1.54) is 24.0 Å². The molecular weight excluding hydrogens is 720 g/mol. The van der Waals surface area contributed by atoms with Crippen LogP contribution in [0, 0.1) is 5.92 Å². The molecule has 54 heavy (non-hydrogen) atoms. The number of hydrogen-bond acceptors (Lipinski definition) is 11. The summed E-state index contributed by atoms with van der Waals surface area (Å²) in [6.07, 6.45) is 1.17. The highest BCUT2D eigenvalue weighted by Gasteiger charge is 2.64. The molecule has 8 atom stereocenters. The van der Waals surface area contributed by atoms with Gasteiger partial charge < -0.3 is 43.5 Å². The Kier molecular flexibility index (Phi) is 13.9. The molecule has 0 unspecified atom stereocenters. The number of esters is 1. The topological polar surface area (TPSA) is 160 Å². The summed E-state index contributed by atoms with van der Waals surface area (Å²) >= 11 is 6.77. The van der Waals surface area contributed by atoms with Gasteiger partial charge in [-0.15, -0.1) is 0 Å². The maximum absolute atomic E-state index is 14.2. The average molecular weight is 777 g/mol. The molecule has 0 aromatic heterocycles. The number of carbonyl (C=O) groups is 4. The van der Waals surface area contributed by atoms with Crippen molar-refractivity contribution in [2.75, 3.05) is 46.8 Å². The fraction of sp³-hybridized carbons (Fsp3) is 0.641. The molecule has 15 heteroatoms. The smallest absolute Gasteiger partial charge is 0.409 e. The monoisotopic (exact) mass is 776 g/mol. The van der Waals surface area contributed by atoms with Crippen molar-refractivity contribution < 1.29 is 48.0 Å². The number of alkyl carbamates (subject to hydrolysis) is 1. The van der Waals surface area contributed by atoms with E-state index < -0.39 is 65.7 Å². The Labute approximate surface area is 323 Å². The normalized spacial score (nSPS) is 31.1. The van der Waals surface area contributed by atoms with Crippen molar-refractivity contribution in [1.82, 2.24) is 15.1 Å². The van der Waals surface area contributed by atoms with Gasteiger partial charge >= 0.3 is 12.1 Å². The van der Waals surface area contributed by atoms with Crippen molar-refractivity contribution in [3.05, 3.63) is 46.5 Å². The summed E-state index contributed by atoms with van der Waals surface area (Å²) < 4.78 is 29.3. The summed E-state index contributed by atoms with van der Waals surface area (Å²) in [7, 11) is 7.98. The number of amides is 3. The van der Waals surface area contributed by atoms with Gasteiger partial charge in [0.05, 0.1) is 25.3 Å². The molecule has 3 aliphatic heterocycles. The van der Waals surface area contributed by atoms with Crippen LogP contribution in [0.4, 0.5) is 10.5 Å². The van der Waals surface area contributed by atoms with Crippen LogP contribution in [-0.2, 0) is 39.8 Å². The highest BCUT2D eigenvalue weighted by atomic mass is 35.5. The Hall–Kier alpha value is -3.69. The van der Waals surface area contributed by atoms with Crippen LogP contribution in [0.1, 0.15) is 66.4 Å². The van der Waals surface area contributed by atoms with Gasteiger partial charge in [0, 0.05) is 52.6 Å². The van der Waals surface area contributed by atoms with Gasteiger partial charge in [0.2, 0.25) is 11.8 Å². The first kappa shape index (κ1) is 43.0. The lowest BCUT2D eigenvalue weighted by Crippen LogP contribution is -2.63. The van der Waals surface area contributed by atoms with Gasteiger partial charge in [-0.1, -0.05) is 42.3 Å². The SMILES string of the molecule is COc1cc2cc(c1Cl)N(C)C(=O)C[C@@H](OC(=O)[C@H](C)N(C)C(=O)CCN(C)C(C)C)[C@]1(C)O[C@H]1[C@H](C)[C@@H]1C[C@@](O)(NC(=O)O1)[C@H](OC)/C=C/C=C(\C)C2. The number of carbonyl (C=O) groups excluding carboxylic acids is 4. The van der Waals surface area contributed by atoms with E-state index in [0.29, 0.717) is 24.4 Å². The van der Waals surface area contributed by atoms with E-state index in [0.717, 1.165) is 11.1 Å². The number of likely N-dealkylation sites (N-methyl/N-ethyl adjacent to an activating group) is 1.